The standard InChI is InChI=1S/C18H26N2O3/c1-20(9-10-23-15-6-4-3-5-14(15)22-2)18(21)16-12-7-8-13(11-12)17(16)19/h3-6,12-13,16-17H,7-11,19H2,1-2H3/t12-,13-,16+,17+/m0/s1. The van der Waals surface area contributed by atoms with E-state index in [1.807, 2.05) is 31.3 Å². The number of rotatable bonds is 6. The molecule has 3 rings (SSSR count). The summed E-state index contributed by atoms with van der Waals surface area (Å²) in [5, 5.41) is 0. The van der Waals surface area contributed by atoms with Crippen LogP contribution in [0.2, 0.25) is 0 Å². The lowest BCUT2D eigenvalue weighted by Crippen LogP contribution is -2.46. The maximum Gasteiger partial charge on any atom is 0.227 e. The van der Waals surface area contributed by atoms with E-state index in [2.05, 4.69) is 0 Å². The highest BCUT2D eigenvalue weighted by atomic mass is 16.5. The van der Waals surface area contributed by atoms with Crippen LogP contribution in [0.1, 0.15) is 19.3 Å². The van der Waals surface area contributed by atoms with Gasteiger partial charge in [-0.15, -0.1) is 0 Å². The summed E-state index contributed by atoms with van der Waals surface area (Å²) in [6.07, 6.45) is 3.47. The van der Waals surface area contributed by atoms with Gasteiger partial charge in [0.25, 0.3) is 0 Å². The Kier molecular flexibility index (Phi) is 4.76. The molecule has 1 aromatic carbocycles. The monoisotopic (exact) mass is 318 g/mol. The minimum absolute atomic E-state index is 0.00464. The van der Waals surface area contributed by atoms with Crippen LogP contribution < -0.4 is 15.2 Å². The lowest BCUT2D eigenvalue weighted by molar-refractivity contribution is -0.136. The Morgan fingerprint density at radius 1 is 1.26 bits per heavy atom. The normalized spacial score (nSPS) is 28.7. The maximum atomic E-state index is 12.7. The predicted octanol–water partition coefficient (Wildman–Crippen LogP) is 1.91. The molecule has 0 unspecified atom stereocenters. The highest BCUT2D eigenvalue weighted by Gasteiger charge is 2.49. The van der Waals surface area contributed by atoms with E-state index in [4.69, 9.17) is 15.2 Å². The zero-order valence-electron chi connectivity index (χ0n) is 13.9. The number of nitrogens with two attached hydrogens (primary N) is 1. The third kappa shape index (κ3) is 3.15. The zero-order chi connectivity index (χ0) is 16.4. The van der Waals surface area contributed by atoms with Crippen LogP contribution in [0.4, 0.5) is 0 Å². The van der Waals surface area contributed by atoms with Crippen molar-refractivity contribution < 1.29 is 14.3 Å². The van der Waals surface area contributed by atoms with Gasteiger partial charge in [-0.2, -0.15) is 0 Å². The van der Waals surface area contributed by atoms with Crippen molar-refractivity contribution in [3.63, 3.8) is 0 Å². The lowest BCUT2D eigenvalue weighted by atomic mass is 9.84. The summed E-state index contributed by atoms with van der Waals surface area (Å²) in [5.41, 5.74) is 6.27. The van der Waals surface area contributed by atoms with Gasteiger partial charge in [0.05, 0.1) is 19.6 Å². The molecule has 2 bridgehead atoms. The van der Waals surface area contributed by atoms with Crippen molar-refractivity contribution in [3.05, 3.63) is 24.3 Å². The summed E-state index contributed by atoms with van der Waals surface area (Å²) in [5.74, 6) is 2.62. The summed E-state index contributed by atoms with van der Waals surface area (Å²) in [6.45, 7) is 0.996. The molecule has 0 heterocycles. The molecule has 0 aromatic heterocycles. The first kappa shape index (κ1) is 16.1. The van der Waals surface area contributed by atoms with Gasteiger partial charge < -0.3 is 20.1 Å². The van der Waals surface area contributed by atoms with Crippen LogP contribution >= 0.6 is 0 Å². The highest BCUT2D eigenvalue weighted by molar-refractivity contribution is 5.80. The number of amides is 1. The number of carbonyl (C=O) groups is 1. The van der Waals surface area contributed by atoms with E-state index in [-0.39, 0.29) is 17.9 Å². The van der Waals surface area contributed by atoms with Crippen LogP contribution in [0.25, 0.3) is 0 Å². The van der Waals surface area contributed by atoms with E-state index < -0.39 is 0 Å². The van der Waals surface area contributed by atoms with E-state index in [1.54, 1.807) is 12.0 Å². The highest BCUT2D eigenvalue weighted by Crippen LogP contribution is 2.48. The van der Waals surface area contributed by atoms with Crippen LogP contribution in [0.15, 0.2) is 24.3 Å². The fourth-order valence-electron chi connectivity index (χ4n) is 4.10. The zero-order valence-corrected chi connectivity index (χ0v) is 13.9. The molecule has 2 fully saturated rings. The van der Waals surface area contributed by atoms with Crippen molar-refractivity contribution in [2.45, 2.75) is 25.3 Å². The number of hydrogen-bond donors (Lipinski definition) is 1. The summed E-state index contributed by atoms with van der Waals surface area (Å²) in [7, 11) is 3.46. The van der Waals surface area contributed by atoms with Crippen LogP contribution in [-0.2, 0) is 4.79 Å². The number of nitrogens with zero attached hydrogens (tertiary/aromatic N) is 1. The summed E-state index contributed by atoms with van der Waals surface area (Å²) >= 11 is 0. The molecule has 2 aliphatic rings. The third-order valence-corrected chi connectivity index (χ3v) is 5.40. The van der Waals surface area contributed by atoms with E-state index in [0.717, 1.165) is 12.8 Å². The Morgan fingerprint density at radius 2 is 1.96 bits per heavy atom. The van der Waals surface area contributed by atoms with E-state index in [1.165, 1.54) is 6.42 Å². The Labute approximate surface area is 137 Å². The summed E-state index contributed by atoms with van der Waals surface area (Å²) in [6, 6.07) is 7.57. The summed E-state index contributed by atoms with van der Waals surface area (Å²) < 4.78 is 11.0. The van der Waals surface area contributed by atoms with E-state index in [9.17, 15) is 4.79 Å². The van der Waals surface area contributed by atoms with Crippen LogP contribution in [0.3, 0.4) is 0 Å². The number of likely N-dealkylation sites (N-methyl/N-ethyl adjacent to an activating group) is 1. The number of carbonyl (C=O) groups excluding carboxylic acids is 1. The quantitative estimate of drug-likeness (QED) is 0.870. The number of methoxy groups -OCH3 is 1. The SMILES string of the molecule is COc1ccccc1OCCN(C)C(=O)[C@@H]1[C@H]2CC[C@@H](C2)[C@H]1N. The molecule has 5 heteroatoms. The van der Waals surface area contributed by atoms with Crippen molar-refractivity contribution in [2.24, 2.45) is 23.5 Å². The Balaban J connectivity index is 1.51. The average Bonchev–Trinajstić information content (AvgIpc) is 3.15. The minimum atomic E-state index is 0.00464. The molecule has 0 aliphatic heterocycles. The van der Waals surface area contributed by atoms with Crippen molar-refractivity contribution >= 4 is 5.91 Å². The van der Waals surface area contributed by atoms with Crippen LogP contribution in [0.5, 0.6) is 11.5 Å². The third-order valence-electron chi connectivity index (χ3n) is 5.40. The Bertz CT molecular complexity index is 561. The van der Waals surface area contributed by atoms with Gasteiger partial charge in [0.1, 0.15) is 6.61 Å². The molecule has 0 radical (unpaired) electrons. The van der Waals surface area contributed by atoms with Gasteiger partial charge in [0.15, 0.2) is 11.5 Å². The van der Waals surface area contributed by atoms with Crippen LogP contribution in [-0.4, -0.2) is 44.2 Å². The number of para-hydroxylation sites is 2. The Hall–Kier alpha value is -1.75. The molecule has 23 heavy (non-hydrogen) atoms. The smallest absolute Gasteiger partial charge is 0.227 e. The number of benzene rings is 1. The molecular weight excluding hydrogens is 292 g/mol. The lowest BCUT2D eigenvalue weighted by Gasteiger charge is -2.30. The fourth-order valence-corrected chi connectivity index (χ4v) is 4.10. The number of fused-ring (bicyclic) bond motifs is 2. The molecule has 5 nitrogen and oxygen atoms in total. The topological polar surface area (TPSA) is 64.8 Å². The van der Waals surface area contributed by atoms with E-state index in [0.29, 0.717) is 36.5 Å². The molecule has 2 saturated carbocycles. The fraction of sp³-hybridized carbons (Fsp3) is 0.611. The molecule has 1 aromatic rings. The average molecular weight is 318 g/mol. The molecule has 2 N–H and O–H groups in total. The predicted molar refractivity (Wildman–Crippen MR) is 88.4 cm³/mol. The van der Waals surface area contributed by atoms with E-state index >= 15 is 0 Å². The van der Waals surface area contributed by atoms with Gasteiger partial charge in [-0.3, -0.25) is 4.79 Å². The van der Waals surface area contributed by atoms with Gasteiger partial charge in [0.2, 0.25) is 5.91 Å². The molecule has 126 valence electrons. The van der Waals surface area contributed by atoms with Crippen molar-refractivity contribution in [3.8, 4) is 11.5 Å². The molecule has 4 atom stereocenters. The first-order valence-corrected chi connectivity index (χ1v) is 8.38. The van der Waals surface area contributed by atoms with Gasteiger partial charge in [-0.25, -0.2) is 0 Å². The Morgan fingerprint density at radius 3 is 2.61 bits per heavy atom. The van der Waals surface area contributed by atoms with Gasteiger partial charge >= 0.3 is 0 Å². The van der Waals surface area contributed by atoms with Crippen molar-refractivity contribution in [1.29, 1.82) is 0 Å². The van der Waals surface area contributed by atoms with Crippen molar-refractivity contribution in [2.75, 3.05) is 27.3 Å². The molecular formula is C18H26N2O3. The van der Waals surface area contributed by atoms with Crippen molar-refractivity contribution in [1.82, 2.24) is 4.90 Å². The van der Waals surface area contributed by atoms with Gasteiger partial charge in [-0.05, 0) is 43.2 Å². The molecule has 2 aliphatic carbocycles. The number of hydrogen-bond acceptors (Lipinski definition) is 4. The summed E-state index contributed by atoms with van der Waals surface area (Å²) in [4.78, 5) is 14.4. The van der Waals surface area contributed by atoms with Crippen LogP contribution in [0, 0.1) is 17.8 Å². The second-order valence-electron chi connectivity index (χ2n) is 6.70. The van der Waals surface area contributed by atoms with Gasteiger partial charge in [-0.1, -0.05) is 12.1 Å². The second kappa shape index (κ2) is 6.79. The second-order valence-corrected chi connectivity index (χ2v) is 6.70. The van der Waals surface area contributed by atoms with Gasteiger partial charge in [0, 0.05) is 13.1 Å². The first-order valence-electron chi connectivity index (χ1n) is 8.38. The molecule has 0 spiro atoms. The molecule has 1 amide bonds. The number of ether oxygens (including phenoxy) is 2. The maximum absolute atomic E-state index is 12.7. The first-order chi connectivity index (χ1) is 11.1. The minimum Gasteiger partial charge on any atom is -0.493 e. The molecule has 0 saturated heterocycles. The largest absolute Gasteiger partial charge is 0.493 e.